The van der Waals surface area contributed by atoms with Gasteiger partial charge in [-0.2, -0.15) is 0 Å². The molecular formula is C18H20N2OS. The van der Waals surface area contributed by atoms with Gasteiger partial charge in [0.15, 0.2) is 0 Å². The van der Waals surface area contributed by atoms with Crippen molar-refractivity contribution in [2.24, 2.45) is 0 Å². The van der Waals surface area contributed by atoms with Crippen molar-refractivity contribution in [3.63, 3.8) is 0 Å². The molecule has 4 heteroatoms. The number of methoxy groups -OCH3 is 1. The summed E-state index contributed by atoms with van der Waals surface area (Å²) >= 11 is 1.74. The van der Waals surface area contributed by atoms with Crippen molar-refractivity contribution in [3.8, 4) is 5.75 Å². The molecule has 0 amide bonds. The fourth-order valence-electron chi connectivity index (χ4n) is 2.54. The molecule has 0 aliphatic heterocycles. The Bertz CT molecular complexity index is 749. The summed E-state index contributed by atoms with van der Waals surface area (Å²) in [6.45, 7) is 5.02. The van der Waals surface area contributed by atoms with E-state index in [1.54, 1.807) is 18.4 Å². The molecule has 114 valence electrons. The summed E-state index contributed by atoms with van der Waals surface area (Å²) in [5.41, 5.74) is 3.50. The average molecular weight is 312 g/mol. The smallest absolute Gasteiger partial charge is 0.123 e. The molecule has 0 aliphatic rings. The lowest BCUT2D eigenvalue weighted by Crippen LogP contribution is -2.18. The molecule has 1 N–H and O–H groups in total. The number of nitrogens with zero attached hydrogens (tertiary/aromatic N) is 1. The van der Waals surface area contributed by atoms with Crippen LogP contribution in [0.4, 0.5) is 0 Å². The maximum atomic E-state index is 5.47. The third-order valence-corrected chi connectivity index (χ3v) is 4.79. The van der Waals surface area contributed by atoms with E-state index in [9.17, 15) is 0 Å². The molecule has 3 nitrogen and oxygen atoms in total. The van der Waals surface area contributed by atoms with E-state index in [0.29, 0.717) is 0 Å². The Kier molecular flexibility index (Phi) is 4.41. The van der Waals surface area contributed by atoms with Crippen LogP contribution in [0.1, 0.15) is 29.1 Å². The minimum Gasteiger partial charge on any atom is -0.496 e. The normalized spacial score (nSPS) is 12.5. The number of aromatic nitrogens is 1. The average Bonchev–Trinajstić information content (AvgIpc) is 2.95. The van der Waals surface area contributed by atoms with Crippen molar-refractivity contribution in [2.45, 2.75) is 26.4 Å². The van der Waals surface area contributed by atoms with E-state index in [4.69, 9.17) is 4.74 Å². The highest BCUT2D eigenvalue weighted by Crippen LogP contribution is 2.27. The third-order valence-electron chi connectivity index (χ3n) is 3.75. The fraction of sp³-hybridized carbons (Fsp3) is 0.278. The van der Waals surface area contributed by atoms with Crippen molar-refractivity contribution in [1.82, 2.24) is 10.3 Å². The van der Waals surface area contributed by atoms with Crippen LogP contribution in [0.25, 0.3) is 10.2 Å². The first kappa shape index (κ1) is 15.0. The van der Waals surface area contributed by atoms with Crippen LogP contribution in [0.2, 0.25) is 0 Å². The summed E-state index contributed by atoms with van der Waals surface area (Å²) in [7, 11) is 1.72. The van der Waals surface area contributed by atoms with Gasteiger partial charge < -0.3 is 10.1 Å². The van der Waals surface area contributed by atoms with E-state index in [1.807, 2.05) is 12.1 Å². The van der Waals surface area contributed by atoms with E-state index < -0.39 is 0 Å². The van der Waals surface area contributed by atoms with Crippen molar-refractivity contribution >= 4 is 21.6 Å². The van der Waals surface area contributed by atoms with E-state index in [-0.39, 0.29) is 6.04 Å². The van der Waals surface area contributed by atoms with Gasteiger partial charge in [-0.1, -0.05) is 29.8 Å². The van der Waals surface area contributed by atoms with Crippen LogP contribution < -0.4 is 10.1 Å². The monoisotopic (exact) mass is 312 g/mol. The summed E-state index contributed by atoms with van der Waals surface area (Å²) in [5.74, 6) is 0.926. The molecule has 2 aromatic carbocycles. The second-order valence-electron chi connectivity index (χ2n) is 5.42. The van der Waals surface area contributed by atoms with Gasteiger partial charge in [0.1, 0.15) is 10.8 Å². The summed E-state index contributed by atoms with van der Waals surface area (Å²) in [5, 5.41) is 4.66. The largest absolute Gasteiger partial charge is 0.496 e. The topological polar surface area (TPSA) is 34.1 Å². The second-order valence-corrected chi connectivity index (χ2v) is 6.54. The standard InChI is InChI=1S/C18H20N2OS/c1-12-8-9-16(21-3)14(10-12)13(2)19-11-18-20-15-6-4-5-7-17(15)22-18/h4-10,13,19H,11H2,1-3H3/t13-/m0/s1. The molecule has 22 heavy (non-hydrogen) atoms. The molecule has 0 bridgehead atoms. The molecular weight excluding hydrogens is 292 g/mol. The Hall–Kier alpha value is -1.91. The lowest BCUT2D eigenvalue weighted by Gasteiger charge is -2.17. The number of hydrogen-bond donors (Lipinski definition) is 1. The first-order chi connectivity index (χ1) is 10.7. The Labute approximate surface area is 135 Å². The Morgan fingerprint density at radius 2 is 2.05 bits per heavy atom. The summed E-state index contributed by atoms with van der Waals surface area (Å²) in [4.78, 5) is 4.66. The van der Waals surface area contributed by atoms with Crippen LogP contribution >= 0.6 is 11.3 Å². The fourth-order valence-corrected chi connectivity index (χ4v) is 3.46. The van der Waals surface area contributed by atoms with Crippen molar-refractivity contribution in [1.29, 1.82) is 0 Å². The predicted molar refractivity (Wildman–Crippen MR) is 92.6 cm³/mol. The van der Waals surface area contributed by atoms with Gasteiger partial charge in [-0.15, -0.1) is 11.3 Å². The van der Waals surface area contributed by atoms with E-state index in [0.717, 1.165) is 22.8 Å². The number of fused-ring (bicyclic) bond motifs is 1. The zero-order valence-corrected chi connectivity index (χ0v) is 13.9. The Morgan fingerprint density at radius 3 is 2.82 bits per heavy atom. The first-order valence-corrected chi connectivity index (χ1v) is 8.21. The number of benzene rings is 2. The van der Waals surface area contributed by atoms with Crippen molar-refractivity contribution in [2.75, 3.05) is 7.11 Å². The molecule has 0 fully saturated rings. The molecule has 3 rings (SSSR count). The number of para-hydroxylation sites is 1. The highest BCUT2D eigenvalue weighted by molar-refractivity contribution is 7.18. The number of thiazole rings is 1. The zero-order valence-electron chi connectivity index (χ0n) is 13.1. The highest BCUT2D eigenvalue weighted by Gasteiger charge is 2.12. The molecule has 1 aromatic heterocycles. The van der Waals surface area contributed by atoms with E-state index in [1.165, 1.54) is 15.8 Å². The van der Waals surface area contributed by atoms with Gasteiger partial charge in [-0.25, -0.2) is 4.98 Å². The summed E-state index contributed by atoms with van der Waals surface area (Å²) in [6.07, 6.45) is 0. The lowest BCUT2D eigenvalue weighted by molar-refractivity contribution is 0.401. The predicted octanol–water partition coefficient (Wildman–Crippen LogP) is 4.46. The maximum absolute atomic E-state index is 5.47. The number of hydrogen-bond acceptors (Lipinski definition) is 4. The van der Waals surface area contributed by atoms with Gasteiger partial charge in [-0.3, -0.25) is 0 Å². The van der Waals surface area contributed by atoms with Crippen molar-refractivity contribution < 1.29 is 4.74 Å². The van der Waals surface area contributed by atoms with Crippen LogP contribution in [-0.4, -0.2) is 12.1 Å². The molecule has 3 aromatic rings. The SMILES string of the molecule is COc1ccc(C)cc1[C@H](C)NCc1nc2ccccc2s1. The van der Waals surface area contributed by atoms with Gasteiger partial charge in [0.2, 0.25) is 0 Å². The summed E-state index contributed by atoms with van der Waals surface area (Å²) < 4.78 is 6.70. The minimum atomic E-state index is 0.210. The van der Waals surface area contributed by atoms with E-state index >= 15 is 0 Å². The van der Waals surface area contributed by atoms with Crippen LogP contribution in [0, 0.1) is 6.92 Å². The van der Waals surface area contributed by atoms with Gasteiger partial charge in [-0.05, 0) is 32.0 Å². The third kappa shape index (κ3) is 3.13. The highest BCUT2D eigenvalue weighted by atomic mass is 32.1. The van der Waals surface area contributed by atoms with Gasteiger partial charge in [0.05, 0.1) is 17.3 Å². The molecule has 1 atom stereocenters. The number of ether oxygens (including phenoxy) is 1. The van der Waals surface area contributed by atoms with Crippen LogP contribution in [0.5, 0.6) is 5.75 Å². The Balaban J connectivity index is 1.74. The van der Waals surface area contributed by atoms with Gasteiger partial charge in [0.25, 0.3) is 0 Å². The number of aryl methyl sites for hydroxylation is 1. The van der Waals surface area contributed by atoms with E-state index in [2.05, 4.69) is 54.5 Å². The molecule has 0 radical (unpaired) electrons. The second kappa shape index (κ2) is 6.46. The van der Waals surface area contributed by atoms with Crippen LogP contribution in [-0.2, 0) is 6.54 Å². The van der Waals surface area contributed by atoms with Gasteiger partial charge in [0, 0.05) is 18.2 Å². The quantitative estimate of drug-likeness (QED) is 0.755. The number of rotatable bonds is 5. The van der Waals surface area contributed by atoms with Crippen molar-refractivity contribution in [3.05, 3.63) is 58.6 Å². The molecule has 0 aliphatic carbocycles. The Morgan fingerprint density at radius 1 is 1.23 bits per heavy atom. The molecule has 0 unspecified atom stereocenters. The van der Waals surface area contributed by atoms with Crippen LogP contribution in [0.3, 0.4) is 0 Å². The first-order valence-electron chi connectivity index (χ1n) is 7.40. The zero-order chi connectivity index (χ0) is 15.5. The molecule has 0 spiro atoms. The lowest BCUT2D eigenvalue weighted by atomic mass is 10.0. The van der Waals surface area contributed by atoms with Crippen LogP contribution in [0.15, 0.2) is 42.5 Å². The molecule has 0 saturated heterocycles. The summed E-state index contributed by atoms with van der Waals surface area (Å²) in [6, 6.07) is 14.7. The molecule has 1 heterocycles. The molecule has 0 saturated carbocycles. The number of nitrogens with one attached hydrogen (secondary N) is 1. The van der Waals surface area contributed by atoms with Gasteiger partial charge >= 0.3 is 0 Å². The maximum Gasteiger partial charge on any atom is 0.123 e. The minimum absolute atomic E-state index is 0.210.